The van der Waals surface area contributed by atoms with Crippen LogP contribution in [0.15, 0.2) is 18.2 Å². The predicted molar refractivity (Wildman–Crippen MR) is 228 cm³/mol. The van der Waals surface area contributed by atoms with E-state index in [0.717, 1.165) is 90.9 Å². The highest BCUT2D eigenvalue weighted by Crippen LogP contribution is 2.28. The van der Waals surface area contributed by atoms with Gasteiger partial charge in [0.15, 0.2) is 12.4 Å². The summed E-state index contributed by atoms with van der Waals surface area (Å²) in [6.45, 7) is 1.55. The van der Waals surface area contributed by atoms with Crippen molar-refractivity contribution in [1.82, 2.24) is 0 Å². The van der Waals surface area contributed by atoms with Crippen molar-refractivity contribution in [2.45, 2.75) is 191 Å². The minimum absolute atomic E-state index is 0.0209. The van der Waals surface area contributed by atoms with Gasteiger partial charge in [-0.15, -0.1) is 0 Å². The molecule has 1 aliphatic rings. The Morgan fingerprint density at radius 3 is 1.86 bits per heavy atom. The first-order chi connectivity index (χ1) is 31.3. The number of rotatable bonds is 33. The van der Waals surface area contributed by atoms with E-state index in [1.807, 2.05) is 0 Å². The summed E-state index contributed by atoms with van der Waals surface area (Å²) in [5, 5.41) is 81.1. The minimum atomic E-state index is -2.35. The number of carbonyl (C=O) groups is 7. The number of hydrogen-bond donors (Lipinski definition) is 8. The Morgan fingerprint density at radius 2 is 1.33 bits per heavy atom. The van der Waals surface area contributed by atoms with E-state index in [1.165, 1.54) is 12.1 Å². The first kappa shape index (κ1) is 57.4. The molecule has 2 rings (SSSR count). The van der Waals surface area contributed by atoms with Crippen LogP contribution in [-0.2, 0) is 63.6 Å². The number of ketones is 1. The Balaban J connectivity index is 1.78. The summed E-state index contributed by atoms with van der Waals surface area (Å²) in [5.41, 5.74) is 0.0863. The monoisotopic (exact) mass is 944 g/mol. The summed E-state index contributed by atoms with van der Waals surface area (Å²) in [6.07, 6.45) is -6.20. The third-order valence-electron chi connectivity index (χ3n) is 10.8. The summed E-state index contributed by atoms with van der Waals surface area (Å²) < 4.78 is 31.4. The number of phenols is 1. The lowest BCUT2D eigenvalue weighted by atomic mass is 9.98. The van der Waals surface area contributed by atoms with Crippen molar-refractivity contribution in [2.24, 2.45) is 0 Å². The molecule has 21 heteroatoms. The number of hydrogen-bond acceptors (Lipinski definition) is 19. The van der Waals surface area contributed by atoms with Gasteiger partial charge in [-0.05, 0) is 37.8 Å². The van der Waals surface area contributed by atoms with Gasteiger partial charge in [-0.3, -0.25) is 24.0 Å². The van der Waals surface area contributed by atoms with Crippen LogP contribution in [-0.4, -0.2) is 157 Å². The van der Waals surface area contributed by atoms with E-state index in [-0.39, 0.29) is 23.5 Å². The minimum Gasteiger partial charge on any atom is -0.507 e. The molecule has 0 amide bonds. The number of carboxylic acids is 2. The quantitative estimate of drug-likeness (QED) is 0.0217. The third-order valence-corrected chi connectivity index (χ3v) is 10.8. The Morgan fingerprint density at radius 1 is 0.758 bits per heavy atom. The van der Waals surface area contributed by atoms with Crippen LogP contribution in [0.4, 0.5) is 0 Å². The molecular formula is C45H68O21. The van der Waals surface area contributed by atoms with E-state index >= 15 is 0 Å². The predicted octanol–water partition coefficient (Wildman–Crippen LogP) is 2.41. The zero-order valence-electron chi connectivity index (χ0n) is 37.8. The molecule has 66 heavy (non-hydrogen) atoms. The van der Waals surface area contributed by atoms with Crippen molar-refractivity contribution < 1.29 is 103 Å². The second kappa shape index (κ2) is 30.5. The topological polar surface area (TPSA) is 337 Å². The van der Waals surface area contributed by atoms with Gasteiger partial charge in [-0.1, -0.05) is 82.8 Å². The molecule has 8 N–H and O–H groups in total. The molecule has 374 valence electrons. The van der Waals surface area contributed by atoms with Crippen LogP contribution >= 0.6 is 0 Å². The largest absolute Gasteiger partial charge is 0.507 e. The van der Waals surface area contributed by atoms with Crippen LogP contribution in [0.3, 0.4) is 0 Å². The fourth-order valence-corrected chi connectivity index (χ4v) is 7.36. The molecule has 21 nitrogen and oxygen atoms in total. The molecule has 0 spiro atoms. The van der Waals surface area contributed by atoms with E-state index in [0.29, 0.717) is 24.8 Å². The van der Waals surface area contributed by atoms with Gasteiger partial charge >= 0.3 is 35.8 Å². The number of aliphatic hydroxyl groups is 5. The fraction of sp³-hybridized carbons (Fsp3) is 0.711. The number of carboxylic acid groups (broad SMARTS) is 2. The van der Waals surface area contributed by atoms with Crippen molar-refractivity contribution in [2.75, 3.05) is 13.2 Å². The third kappa shape index (κ3) is 20.8. The van der Waals surface area contributed by atoms with Crippen LogP contribution in [0.5, 0.6) is 5.75 Å². The Kier molecular flexibility index (Phi) is 26.5. The maximum Gasteiger partial charge on any atom is 0.350 e. The average Bonchev–Trinajstić information content (AvgIpc) is 3.24. The number of benzene rings is 1. The number of aromatic hydroxyl groups is 1. The number of carbonyl (C=O) groups excluding carboxylic acids is 5. The van der Waals surface area contributed by atoms with Crippen LogP contribution in [0.25, 0.3) is 0 Å². The van der Waals surface area contributed by atoms with Crippen LogP contribution in [0, 0.1) is 0 Å². The second-order valence-corrected chi connectivity index (χ2v) is 16.4. The molecule has 0 aliphatic carbocycles. The van der Waals surface area contributed by atoms with Gasteiger partial charge in [0, 0.05) is 26.7 Å². The van der Waals surface area contributed by atoms with Gasteiger partial charge in [0.1, 0.15) is 66.7 Å². The maximum atomic E-state index is 13.3. The molecule has 1 saturated heterocycles. The van der Waals surface area contributed by atoms with Gasteiger partial charge in [-0.25, -0.2) is 9.59 Å². The number of ether oxygens (including phenoxy) is 6. The molecule has 1 aromatic carbocycles. The van der Waals surface area contributed by atoms with Gasteiger partial charge in [0.25, 0.3) is 0 Å². The zero-order chi connectivity index (χ0) is 49.3. The zero-order valence-corrected chi connectivity index (χ0v) is 37.8. The number of esters is 4. The highest BCUT2D eigenvalue weighted by atomic mass is 16.7. The lowest BCUT2D eigenvalue weighted by Crippen LogP contribution is -2.62. The number of aromatic carboxylic acids is 1. The van der Waals surface area contributed by atoms with E-state index in [9.17, 15) is 69.3 Å². The van der Waals surface area contributed by atoms with Crippen molar-refractivity contribution in [1.29, 1.82) is 0 Å². The Labute approximate surface area is 383 Å². The lowest BCUT2D eigenvalue weighted by molar-refractivity contribution is -0.324. The molecule has 0 saturated carbocycles. The molecule has 1 heterocycles. The first-order valence-electron chi connectivity index (χ1n) is 22.4. The highest BCUT2D eigenvalue weighted by Gasteiger charge is 2.50. The molecular weight excluding hydrogens is 876 g/mol. The van der Waals surface area contributed by atoms with Crippen LogP contribution in [0.2, 0.25) is 0 Å². The van der Waals surface area contributed by atoms with E-state index < -0.39 is 117 Å². The fourth-order valence-electron chi connectivity index (χ4n) is 7.36. The smallest absolute Gasteiger partial charge is 0.350 e. The van der Waals surface area contributed by atoms with Gasteiger partial charge < -0.3 is 69.3 Å². The van der Waals surface area contributed by atoms with E-state index in [2.05, 4.69) is 0 Å². The van der Waals surface area contributed by atoms with Crippen molar-refractivity contribution in [3.8, 4) is 5.75 Å². The molecule has 2 unspecified atom stereocenters. The number of aliphatic carboxylic acids is 1. The van der Waals surface area contributed by atoms with E-state index in [4.69, 9.17) is 33.5 Å². The number of aliphatic hydroxyl groups excluding tert-OH is 5. The first-order valence-corrected chi connectivity index (χ1v) is 22.4. The van der Waals surface area contributed by atoms with Gasteiger partial charge in [0.2, 0.25) is 6.10 Å². The Bertz CT molecular complexity index is 1700. The van der Waals surface area contributed by atoms with E-state index in [1.54, 1.807) is 13.0 Å². The molecule has 1 aromatic rings. The summed E-state index contributed by atoms with van der Waals surface area (Å²) in [7, 11) is 0. The normalized spacial score (nSPS) is 20.5. The summed E-state index contributed by atoms with van der Waals surface area (Å²) in [5.74, 6) is -7.84. The second-order valence-electron chi connectivity index (χ2n) is 16.4. The molecule has 1 fully saturated rings. The van der Waals surface area contributed by atoms with Crippen molar-refractivity contribution in [3.63, 3.8) is 0 Å². The van der Waals surface area contributed by atoms with Crippen molar-refractivity contribution in [3.05, 3.63) is 29.3 Å². The maximum absolute atomic E-state index is 13.3. The summed E-state index contributed by atoms with van der Waals surface area (Å²) in [6, 6.07) is 4.35. The summed E-state index contributed by atoms with van der Waals surface area (Å²) in [4.78, 5) is 84.0. The van der Waals surface area contributed by atoms with Gasteiger partial charge in [-0.2, -0.15) is 0 Å². The standard InChI is InChI=1S/C45H68O21/c1-26(18-15-13-11-9-7-5-4-6-8-10-12-14-16-20-30(49)22-29-19-17-21-31(50)36(29)43(58)59)62-44(60)41(63-27(2)47)39(56)38(55)33(25-61-35(53)23-34(51)52)66-45-42(64-28(3)48)40(57)37(54)32(24-46)65-45/h17,19,21,26,32-33,37-42,45-46,50,54-57H,4-16,18,20,22-25H2,1-3H3,(H,51,52)(H,58,59)/t26?,32-,33-,37-,38-,39+,40+,41+,42+,45?/m1/s1. The van der Waals surface area contributed by atoms with Gasteiger partial charge in [0.05, 0.1) is 12.7 Å². The number of Topliss-reactive ketones (excluding diaryl/α,β-unsaturated/α-hetero) is 1. The SMILES string of the molecule is CC(=O)O[C@H](C(=O)OC(C)CCCCCCCCCCCCCCCC(=O)Cc1cccc(O)c1C(=O)O)[C@@H](O)[C@H](O)[C@@H](COC(=O)CC(=O)O)OC1O[C@H](CO)[C@@H](O)[C@H](O)[C@@H]1OC(C)=O. The lowest BCUT2D eigenvalue weighted by Gasteiger charge is -2.43. The average molecular weight is 945 g/mol. The highest BCUT2D eigenvalue weighted by molar-refractivity contribution is 5.94. The Hall–Kier alpha value is -4.77. The molecule has 0 aromatic heterocycles. The van der Waals surface area contributed by atoms with Crippen molar-refractivity contribution >= 4 is 41.6 Å². The molecule has 1 aliphatic heterocycles. The molecule has 0 bridgehead atoms. The summed E-state index contributed by atoms with van der Waals surface area (Å²) >= 11 is 0. The van der Waals surface area contributed by atoms with Crippen LogP contribution < -0.4 is 0 Å². The molecule has 0 radical (unpaired) electrons. The molecule has 10 atom stereocenters. The van der Waals surface area contributed by atoms with Crippen LogP contribution in [0.1, 0.15) is 139 Å². The number of unbranched alkanes of at least 4 members (excludes halogenated alkanes) is 12.